The number of anilines is 1. The molecule has 1 aliphatic heterocycles. The molecule has 3 heterocycles. The van der Waals surface area contributed by atoms with Crippen LogP contribution in [-0.2, 0) is 5.75 Å². The molecule has 0 saturated carbocycles. The number of hydrogen-bond acceptors (Lipinski definition) is 7. The maximum atomic E-state index is 6.18. The molecule has 0 saturated heterocycles. The first-order valence-electron chi connectivity index (χ1n) is 9.92. The predicted octanol–water partition coefficient (Wildman–Crippen LogP) is 5.58. The number of benzene rings is 2. The molecule has 0 amide bonds. The molecule has 0 fully saturated rings. The third kappa shape index (κ3) is 4.46. The van der Waals surface area contributed by atoms with Crippen LogP contribution in [0.3, 0.4) is 0 Å². The first kappa shape index (κ1) is 19.4. The molecular weight excluding hydrogens is 408 g/mol. The van der Waals surface area contributed by atoms with Crippen LogP contribution in [0.25, 0.3) is 17.3 Å². The average Bonchev–Trinajstić information content (AvgIpc) is 3.26. The van der Waals surface area contributed by atoms with E-state index in [2.05, 4.69) is 51.7 Å². The minimum Gasteiger partial charge on any atom is -0.465 e. The second-order valence-corrected chi connectivity index (χ2v) is 8.07. The molecule has 0 radical (unpaired) electrons. The average molecular weight is 429 g/mol. The summed E-state index contributed by atoms with van der Waals surface area (Å²) in [4.78, 5) is 4.67. The van der Waals surface area contributed by atoms with Crippen molar-refractivity contribution in [2.75, 3.05) is 5.32 Å². The fourth-order valence-corrected chi connectivity index (χ4v) is 3.95. The van der Waals surface area contributed by atoms with E-state index >= 15 is 0 Å². The monoisotopic (exact) mass is 428 g/mol. The standard InChI is InChI=1S/C24H20N4O2S/c1-16-8-10-17(11-9-16)15-31-24-26-23-22(27-28-24)19-6-2-3-7-20(19)25-21(30-23)13-12-18-5-4-14-29-18/h2-14,21,25H,15H2,1H3/b13-12+/t21-/m0/s1. The number of nitrogens with zero attached hydrogens (tertiary/aromatic N) is 3. The van der Waals surface area contributed by atoms with E-state index in [9.17, 15) is 0 Å². The van der Waals surface area contributed by atoms with E-state index in [1.807, 2.05) is 48.6 Å². The highest BCUT2D eigenvalue weighted by atomic mass is 32.2. The van der Waals surface area contributed by atoms with Crippen LogP contribution in [0.4, 0.5) is 5.69 Å². The van der Waals surface area contributed by atoms with Gasteiger partial charge in [-0.3, -0.25) is 0 Å². The number of hydrogen-bond donors (Lipinski definition) is 1. The second kappa shape index (κ2) is 8.65. The van der Waals surface area contributed by atoms with Crippen LogP contribution >= 0.6 is 11.8 Å². The highest BCUT2D eigenvalue weighted by Gasteiger charge is 2.23. The van der Waals surface area contributed by atoms with E-state index in [1.165, 1.54) is 22.9 Å². The van der Waals surface area contributed by atoms with Crippen molar-refractivity contribution in [3.8, 4) is 17.1 Å². The summed E-state index contributed by atoms with van der Waals surface area (Å²) >= 11 is 1.53. The van der Waals surface area contributed by atoms with Gasteiger partial charge in [0.1, 0.15) is 5.76 Å². The third-order valence-corrected chi connectivity index (χ3v) is 5.73. The van der Waals surface area contributed by atoms with Crippen LogP contribution in [0, 0.1) is 6.92 Å². The molecule has 0 aliphatic carbocycles. The largest absolute Gasteiger partial charge is 0.465 e. The molecule has 0 unspecified atom stereocenters. The number of thioether (sulfide) groups is 1. The third-order valence-electron chi connectivity index (χ3n) is 4.82. The maximum absolute atomic E-state index is 6.18. The first-order chi connectivity index (χ1) is 15.2. The Kier molecular flexibility index (Phi) is 5.41. The normalized spacial score (nSPS) is 14.9. The van der Waals surface area contributed by atoms with Gasteiger partial charge in [0.2, 0.25) is 11.0 Å². The topological polar surface area (TPSA) is 73.1 Å². The molecule has 154 valence electrons. The molecule has 1 N–H and O–H groups in total. The Balaban J connectivity index is 1.43. The number of fused-ring (bicyclic) bond motifs is 3. The van der Waals surface area contributed by atoms with Gasteiger partial charge in [0, 0.05) is 17.0 Å². The van der Waals surface area contributed by atoms with Crippen molar-refractivity contribution in [1.29, 1.82) is 0 Å². The highest BCUT2D eigenvalue weighted by molar-refractivity contribution is 7.98. The van der Waals surface area contributed by atoms with Gasteiger partial charge in [-0.1, -0.05) is 59.8 Å². The van der Waals surface area contributed by atoms with Crippen LogP contribution in [0.1, 0.15) is 16.9 Å². The lowest BCUT2D eigenvalue weighted by Gasteiger charge is -2.15. The predicted molar refractivity (Wildman–Crippen MR) is 122 cm³/mol. The second-order valence-electron chi connectivity index (χ2n) is 7.13. The Hall–Kier alpha value is -3.58. The summed E-state index contributed by atoms with van der Waals surface area (Å²) in [7, 11) is 0. The van der Waals surface area contributed by atoms with E-state index in [-0.39, 0.29) is 0 Å². The zero-order chi connectivity index (χ0) is 21.0. The van der Waals surface area contributed by atoms with Gasteiger partial charge in [0.15, 0.2) is 11.9 Å². The molecule has 1 atom stereocenters. The molecular formula is C24H20N4O2S. The molecule has 4 aromatic rings. The van der Waals surface area contributed by atoms with Gasteiger partial charge in [-0.2, -0.15) is 4.98 Å². The summed E-state index contributed by atoms with van der Waals surface area (Å²) in [6, 6.07) is 20.1. The summed E-state index contributed by atoms with van der Waals surface area (Å²) in [5, 5.41) is 12.8. The summed E-state index contributed by atoms with van der Waals surface area (Å²) in [5.41, 5.74) is 4.89. The molecule has 2 aromatic carbocycles. The van der Waals surface area contributed by atoms with Crippen LogP contribution < -0.4 is 10.1 Å². The lowest BCUT2D eigenvalue weighted by atomic mass is 10.1. The van der Waals surface area contributed by atoms with Gasteiger partial charge in [0.05, 0.1) is 6.26 Å². The quantitative estimate of drug-likeness (QED) is 0.416. The Morgan fingerprint density at radius 2 is 1.90 bits per heavy atom. The summed E-state index contributed by atoms with van der Waals surface area (Å²) in [6.07, 6.45) is 4.97. The molecule has 6 nitrogen and oxygen atoms in total. The van der Waals surface area contributed by atoms with Gasteiger partial charge < -0.3 is 14.5 Å². The number of aryl methyl sites for hydroxylation is 1. The van der Waals surface area contributed by atoms with Crippen molar-refractivity contribution in [1.82, 2.24) is 15.2 Å². The number of nitrogens with one attached hydrogen (secondary N) is 1. The Morgan fingerprint density at radius 3 is 2.74 bits per heavy atom. The lowest BCUT2D eigenvalue weighted by Crippen LogP contribution is -2.23. The highest BCUT2D eigenvalue weighted by Crippen LogP contribution is 2.36. The van der Waals surface area contributed by atoms with Crippen molar-refractivity contribution < 1.29 is 9.15 Å². The molecule has 1 aliphatic rings. The summed E-state index contributed by atoms with van der Waals surface area (Å²) in [5.74, 6) is 1.96. The van der Waals surface area contributed by atoms with Crippen molar-refractivity contribution in [2.24, 2.45) is 0 Å². The van der Waals surface area contributed by atoms with Crippen LogP contribution in [0.2, 0.25) is 0 Å². The van der Waals surface area contributed by atoms with Gasteiger partial charge in [0.25, 0.3) is 0 Å². The smallest absolute Gasteiger partial charge is 0.247 e. The minimum absolute atomic E-state index is 0.431. The number of para-hydroxylation sites is 1. The fraction of sp³-hybridized carbons (Fsp3) is 0.125. The summed E-state index contributed by atoms with van der Waals surface area (Å²) in [6.45, 7) is 2.08. The van der Waals surface area contributed by atoms with Crippen molar-refractivity contribution in [3.63, 3.8) is 0 Å². The van der Waals surface area contributed by atoms with Crippen LogP contribution in [0.15, 0.2) is 82.6 Å². The SMILES string of the molecule is Cc1ccc(CSc2nnc3c(n2)O[C@@H](/C=C/c2ccco2)Nc2ccccc2-3)cc1. The van der Waals surface area contributed by atoms with Gasteiger partial charge in [-0.15, -0.1) is 10.2 Å². The van der Waals surface area contributed by atoms with Gasteiger partial charge in [-0.25, -0.2) is 0 Å². The van der Waals surface area contributed by atoms with E-state index in [1.54, 1.807) is 6.26 Å². The zero-order valence-corrected chi connectivity index (χ0v) is 17.7. The molecule has 7 heteroatoms. The molecule has 31 heavy (non-hydrogen) atoms. The molecule has 5 rings (SSSR count). The molecule has 2 aromatic heterocycles. The number of rotatable bonds is 5. The maximum Gasteiger partial charge on any atom is 0.247 e. The van der Waals surface area contributed by atoms with Crippen LogP contribution in [-0.4, -0.2) is 21.4 Å². The Bertz CT molecular complexity index is 1210. The number of furan rings is 1. The van der Waals surface area contributed by atoms with Gasteiger partial charge in [-0.05, 0) is 42.8 Å². The minimum atomic E-state index is -0.431. The Labute approximate surface area is 184 Å². The molecule has 0 spiro atoms. The van der Waals surface area contributed by atoms with Crippen molar-refractivity contribution in [3.05, 3.63) is 89.9 Å². The van der Waals surface area contributed by atoms with Crippen LogP contribution in [0.5, 0.6) is 5.88 Å². The number of aromatic nitrogens is 3. The zero-order valence-electron chi connectivity index (χ0n) is 16.9. The Morgan fingerprint density at radius 1 is 1.03 bits per heavy atom. The first-order valence-corrected chi connectivity index (χ1v) is 10.9. The van der Waals surface area contributed by atoms with Gasteiger partial charge >= 0.3 is 0 Å². The van der Waals surface area contributed by atoms with E-state index in [0.29, 0.717) is 16.7 Å². The molecule has 0 bridgehead atoms. The summed E-state index contributed by atoms with van der Waals surface area (Å²) < 4.78 is 11.6. The number of ether oxygens (including phenoxy) is 1. The van der Waals surface area contributed by atoms with Crippen molar-refractivity contribution >= 4 is 23.5 Å². The van der Waals surface area contributed by atoms with E-state index < -0.39 is 6.23 Å². The lowest BCUT2D eigenvalue weighted by molar-refractivity contribution is 0.266. The van der Waals surface area contributed by atoms with Crippen molar-refractivity contribution in [2.45, 2.75) is 24.1 Å². The van der Waals surface area contributed by atoms with E-state index in [0.717, 1.165) is 22.8 Å². The fourth-order valence-electron chi connectivity index (χ4n) is 3.22. The van der Waals surface area contributed by atoms with E-state index in [4.69, 9.17) is 9.15 Å².